The zero-order valence-electron chi connectivity index (χ0n) is 11.8. The molecule has 0 heterocycles. The Morgan fingerprint density at radius 3 is 2.52 bits per heavy atom. The maximum Gasteiger partial charge on any atom is 0.253 e. The van der Waals surface area contributed by atoms with Crippen LogP contribution in [0.4, 0.5) is 0 Å². The molecule has 5 nitrogen and oxygen atoms in total. The fourth-order valence-electron chi connectivity index (χ4n) is 1.53. The third kappa shape index (κ3) is 5.53. The van der Waals surface area contributed by atoms with Crippen LogP contribution in [-0.2, 0) is 4.79 Å². The fraction of sp³-hybridized carbons (Fsp3) is 0.429. The van der Waals surface area contributed by atoms with Crippen molar-refractivity contribution in [2.45, 2.75) is 19.9 Å². The molecule has 1 aromatic carbocycles. The number of benzene rings is 1. The molecule has 2 atom stereocenters. The Labute approximate surface area is 133 Å². The van der Waals surface area contributed by atoms with E-state index in [4.69, 9.17) is 28.3 Å². The smallest absolute Gasteiger partial charge is 0.253 e. The number of rotatable bonds is 6. The summed E-state index contributed by atoms with van der Waals surface area (Å²) in [4.78, 5) is 23.6. The number of aliphatic hydroxyl groups is 1. The first-order valence-electron chi connectivity index (χ1n) is 6.48. The fourth-order valence-corrected chi connectivity index (χ4v) is 2.03. The highest BCUT2D eigenvalue weighted by Crippen LogP contribution is 2.20. The van der Waals surface area contributed by atoms with Gasteiger partial charge >= 0.3 is 0 Å². The second kappa shape index (κ2) is 8.22. The lowest BCUT2D eigenvalue weighted by atomic mass is 10.1. The summed E-state index contributed by atoms with van der Waals surface area (Å²) < 4.78 is 0. The van der Waals surface area contributed by atoms with Crippen LogP contribution >= 0.6 is 23.2 Å². The number of hydrogen-bond acceptors (Lipinski definition) is 3. The first kappa shape index (κ1) is 17.8. The largest absolute Gasteiger partial charge is 0.396 e. The predicted octanol–water partition coefficient (Wildman–Crippen LogP) is 1.86. The van der Waals surface area contributed by atoms with Gasteiger partial charge in [-0.3, -0.25) is 9.59 Å². The van der Waals surface area contributed by atoms with Gasteiger partial charge in [0.2, 0.25) is 5.91 Å². The monoisotopic (exact) mass is 332 g/mol. The Bertz CT molecular complexity index is 523. The first-order valence-corrected chi connectivity index (χ1v) is 7.24. The Morgan fingerprint density at radius 1 is 1.29 bits per heavy atom. The summed E-state index contributed by atoms with van der Waals surface area (Å²) >= 11 is 11.7. The molecule has 0 fully saturated rings. The molecule has 7 heteroatoms. The summed E-state index contributed by atoms with van der Waals surface area (Å²) in [7, 11) is 0. The number of nitrogens with one attached hydrogen (secondary N) is 2. The van der Waals surface area contributed by atoms with Gasteiger partial charge in [0.15, 0.2) is 0 Å². The molecule has 0 bridgehead atoms. The molecule has 1 rings (SSSR count). The van der Waals surface area contributed by atoms with E-state index in [2.05, 4.69) is 10.6 Å². The molecule has 2 amide bonds. The lowest BCUT2D eigenvalue weighted by Crippen LogP contribution is -2.43. The van der Waals surface area contributed by atoms with Crippen LogP contribution in [0.25, 0.3) is 0 Å². The minimum Gasteiger partial charge on any atom is -0.396 e. The molecule has 1 aromatic rings. The van der Waals surface area contributed by atoms with Gasteiger partial charge in [0.1, 0.15) is 0 Å². The number of carbonyl (C=O) groups excluding carboxylic acids is 2. The van der Waals surface area contributed by atoms with Crippen molar-refractivity contribution in [1.82, 2.24) is 10.6 Å². The van der Waals surface area contributed by atoms with Gasteiger partial charge in [-0.1, -0.05) is 30.1 Å². The summed E-state index contributed by atoms with van der Waals surface area (Å²) in [5.74, 6) is -0.841. The average Bonchev–Trinajstić information content (AvgIpc) is 2.43. The predicted molar refractivity (Wildman–Crippen MR) is 82.6 cm³/mol. The lowest BCUT2D eigenvalue weighted by molar-refractivity contribution is -0.121. The molecule has 0 aliphatic rings. The van der Waals surface area contributed by atoms with Gasteiger partial charge in [0.05, 0.1) is 17.1 Å². The van der Waals surface area contributed by atoms with Gasteiger partial charge in [-0.05, 0) is 31.0 Å². The highest BCUT2D eigenvalue weighted by Gasteiger charge is 2.15. The summed E-state index contributed by atoms with van der Waals surface area (Å²) in [6.45, 7) is 3.42. The highest BCUT2D eigenvalue weighted by atomic mass is 35.5. The van der Waals surface area contributed by atoms with Crippen LogP contribution in [0.3, 0.4) is 0 Å². The zero-order valence-corrected chi connectivity index (χ0v) is 13.3. The number of carbonyl (C=O) groups is 2. The van der Waals surface area contributed by atoms with Gasteiger partial charge in [-0.25, -0.2) is 0 Å². The topological polar surface area (TPSA) is 78.4 Å². The van der Waals surface area contributed by atoms with E-state index in [-0.39, 0.29) is 41.6 Å². The minimum atomic E-state index is -0.449. The quantitative estimate of drug-likeness (QED) is 0.743. The second-order valence-corrected chi connectivity index (χ2v) is 5.67. The van der Waals surface area contributed by atoms with Crippen molar-refractivity contribution in [3.8, 4) is 0 Å². The molecule has 2 unspecified atom stereocenters. The molecule has 0 radical (unpaired) electrons. The van der Waals surface area contributed by atoms with Crippen molar-refractivity contribution in [1.29, 1.82) is 0 Å². The molecular formula is C14H18Cl2N2O3. The number of amides is 2. The Kier molecular flexibility index (Phi) is 6.95. The maximum absolute atomic E-state index is 11.9. The van der Waals surface area contributed by atoms with Gasteiger partial charge in [0, 0.05) is 17.7 Å². The molecule has 116 valence electrons. The van der Waals surface area contributed by atoms with Crippen LogP contribution in [0.1, 0.15) is 24.2 Å². The van der Waals surface area contributed by atoms with E-state index < -0.39 is 5.91 Å². The van der Waals surface area contributed by atoms with E-state index in [9.17, 15) is 9.59 Å². The van der Waals surface area contributed by atoms with Gasteiger partial charge in [-0.15, -0.1) is 0 Å². The van der Waals surface area contributed by atoms with Gasteiger partial charge < -0.3 is 15.7 Å². The molecule has 3 N–H and O–H groups in total. The molecule has 0 aromatic heterocycles. The summed E-state index contributed by atoms with van der Waals surface area (Å²) in [6.07, 6.45) is 0. The van der Waals surface area contributed by atoms with Crippen molar-refractivity contribution in [3.05, 3.63) is 33.8 Å². The Hall–Kier alpha value is -1.30. The lowest BCUT2D eigenvalue weighted by Gasteiger charge is -2.19. The van der Waals surface area contributed by atoms with Crippen molar-refractivity contribution >= 4 is 35.0 Å². The molecule has 0 spiro atoms. The van der Waals surface area contributed by atoms with Crippen molar-refractivity contribution in [2.75, 3.05) is 13.2 Å². The normalized spacial score (nSPS) is 13.4. The van der Waals surface area contributed by atoms with E-state index in [0.29, 0.717) is 5.02 Å². The van der Waals surface area contributed by atoms with E-state index in [1.807, 2.05) is 6.92 Å². The van der Waals surface area contributed by atoms with Crippen LogP contribution in [-0.4, -0.2) is 36.1 Å². The van der Waals surface area contributed by atoms with Gasteiger partial charge in [-0.2, -0.15) is 0 Å². The van der Waals surface area contributed by atoms with Crippen LogP contribution in [0.2, 0.25) is 10.0 Å². The number of aliphatic hydroxyl groups excluding tert-OH is 1. The van der Waals surface area contributed by atoms with Crippen molar-refractivity contribution in [3.63, 3.8) is 0 Å². The second-order valence-electron chi connectivity index (χ2n) is 4.82. The Morgan fingerprint density at radius 2 is 1.95 bits per heavy atom. The average molecular weight is 333 g/mol. The number of hydrogen-bond donors (Lipinski definition) is 3. The van der Waals surface area contributed by atoms with E-state index in [1.165, 1.54) is 12.1 Å². The molecule has 21 heavy (non-hydrogen) atoms. The van der Waals surface area contributed by atoms with E-state index >= 15 is 0 Å². The molecule has 0 saturated heterocycles. The van der Waals surface area contributed by atoms with Crippen molar-refractivity contribution in [2.24, 2.45) is 5.92 Å². The highest BCUT2D eigenvalue weighted by molar-refractivity contribution is 6.36. The third-order valence-electron chi connectivity index (χ3n) is 3.12. The summed E-state index contributed by atoms with van der Waals surface area (Å²) in [5, 5.41) is 14.8. The molecule has 0 aliphatic carbocycles. The maximum atomic E-state index is 11.9. The van der Waals surface area contributed by atoms with Crippen LogP contribution in [0.15, 0.2) is 18.2 Å². The van der Waals surface area contributed by atoms with E-state index in [1.54, 1.807) is 13.0 Å². The first-order chi connectivity index (χ1) is 9.85. The van der Waals surface area contributed by atoms with Crippen molar-refractivity contribution < 1.29 is 14.7 Å². The van der Waals surface area contributed by atoms with Gasteiger partial charge in [0.25, 0.3) is 5.91 Å². The molecular weight excluding hydrogens is 315 g/mol. The Balaban J connectivity index is 2.51. The third-order valence-corrected chi connectivity index (χ3v) is 3.66. The minimum absolute atomic E-state index is 0.0197. The standard InChI is InChI=1S/C14H18Cl2N2O3/c1-8(7-19)9(2)18-13(20)6-17-14(21)11-4-3-10(15)5-12(11)16/h3-5,8-9,19H,6-7H2,1-2H3,(H,17,21)(H,18,20). The van der Waals surface area contributed by atoms with Crippen LogP contribution < -0.4 is 10.6 Å². The zero-order chi connectivity index (χ0) is 16.0. The summed E-state index contributed by atoms with van der Waals surface area (Å²) in [5.41, 5.74) is 0.255. The number of halogens is 2. The van der Waals surface area contributed by atoms with Crippen LogP contribution in [0.5, 0.6) is 0 Å². The summed E-state index contributed by atoms with van der Waals surface area (Å²) in [6, 6.07) is 4.32. The molecule has 0 saturated carbocycles. The van der Waals surface area contributed by atoms with Crippen LogP contribution in [0, 0.1) is 5.92 Å². The SMILES string of the molecule is CC(CO)C(C)NC(=O)CNC(=O)c1ccc(Cl)cc1Cl. The molecule has 0 aliphatic heterocycles. The van der Waals surface area contributed by atoms with E-state index in [0.717, 1.165) is 0 Å².